The predicted molar refractivity (Wildman–Crippen MR) is 91.9 cm³/mol. The van der Waals surface area contributed by atoms with Gasteiger partial charge in [0.2, 0.25) is 10.0 Å². The summed E-state index contributed by atoms with van der Waals surface area (Å²) >= 11 is 0. The van der Waals surface area contributed by atoms with Crippen LogP contribution in [0.1, 0.15) is 50.5 Å². The molecule has 0 saturated heterocycles. The molecule has 0 heterocycles. The number of nitrogens with one attached hydrogen (secondary N) is 1. The van der Waals surface area contributed by atoms with Crippen LogP contribution in [0.5, 0.6) is 0 Å². The summed E-state index contributed by atoms with van der Waals surface area (Å²) in [6.07, 6.45) is 3.78. The van der Waals surface area contributed by atoms with Gasteiger partial charge in [0, 0.05) is 6.54 Å². The van der Waals surface area contributed by atoms with Gasteiger partial charge in [-0.1, -0.05) is 6.07 Å². The molecule has 1 N–H and O–H groups in total. The van der Waals surface area contributed by atoms with Crippen molar-refractivity contribution in [2.45, 2.75) is 56.0 Å². The second-order valence-electron chi connectivity index (χ2n) is 8.59. The van der Waals surface area contributed by atoms with Crippen molar-refractivity contribution in [3.05, 3.63) is 29.8 Å². The largest absolute Gasteiger partial charge is 0.416 e. The molecular formula is C19H24F3NO2S. The highest BCUT2D eigenvalue weighted by atomic mass is 32.2. The smallest absolute Gasteiger partial charge is 0.211 e. The maximum absolute atomic E-state index is 12.8. The van der Waals surface area contributed by atoms with Crippen LogP contribution in [0.2, 0.25) is 0 Å². The van der Waals surface area contributed by atoms with Gasteiger partial charge in [0.15, 0.2) is 0 Å². The van der Waals surface area contributed by atoms with Crippen molar-refractivity contribution in [1.29, 1.82) is 0 Å². The summed E-state index contributed by atoms with van der Waals surface area (Å²) in [5.74, 6) is 2.38. The van der Waals surface area contributed by atoms with Gasteiger partial charge in [-0.2, -0.15) is 13.2 Å². The maximum atomic E-state index is 12.8. The molecule has 0 radical (unpaired) electrons. The summed E-state index contributed by atoms with van der Waals surface area (Å²) in [7, 11) is -3.93. The van der Waals surface area contributed by atoms with Gasteiger partial charge in [0.05, 0.1) is 10.5 Å². The molecule has 3 nitrogen and oxygen atoms in total. The van der Waals surface area contributed by atoms with E-state index in [1.807, 2.05) is 0 Å². The zero-order valence-electron chi connectivity index (χ0n) is 14.6. The van der Waals surface area contributed by atoms with Gasteiger partial charge in [-0.25, -0.2) is 13.1 Å². The van der Waals surface area contributed by atoms with Gasteiger partial charge in [0.25, 0.3) is 0 Å². The van der Waals surface area contributed by atoms with E-state index in [1.54, 1.807) is 0 Å². The van der Waals surface area contributed by atoms with Crippen LogP contribution >= 0.6 is 0 Å². The average Bonchev–Trinajstić information content (AvgIpc) is 2.52. The van der Waals surface area contributed by atoms with E-state index in [0.29, 0.717) is 12.6 Å². The summed E-state index contributed by atoms with van der Waals surface area (Å²) in [5.41, 5.74) is -0.702. The van der Waals surface area contributed by atoms with Crippen LogP contribution in [0.3, 0.4) is 0 Å². The van der Waals surface area contributed by atoms with Crippen molar-refractivity contribution >= 4 is 10.0 Å². The molecule has 1 aromatic rings. The van der Waals surface area contributed by atoms with Crippen LogP contribution in [0.4, 0.5) is 13.2 Å². The van der Waals surface area contributed by atoms with E-state index < -0.39 is 21.8 Å². The second kappa shape index (κ2) is 6.23. The molecule has 0 spiro atoms. The third kappa shape index (κ3) is 3.52. The highest BCUT2D eigenvalue weighted by Crippen LogP contribution is 2.61. The first-order chi connectivity index (χ1) is 12.2. The summed E-state index contributed by atoms with van der Waals surface area (Å²) in [6.45, 7) is 0.296. The molecular weight excluding hydrogens is 363 g/mol. The molecule has 7 heteroatoms. The summed E-state index contributed by atoms with van der Waals surface area (Å²) < 4.78 is 65.8. The van der Waals surface area contributed by atoms with Crippen LogP contribution in [0.15, 0.2) is 29.2 Å². The Bertz CT molecular complexity index is 753. The number of sulfonamides is 1. The number of benzene rings is 1. The maximum Gasteiger partial charge on any atom is 0.416 e. The van der Waals surface area contributed by atoms with Crippen molar-refractivity contribution in [3.63, 3.8) is 0 Å². The fourth-order valence-electron chi connectivity index (χ4n) is 5.97. The molecule has 4 bridgehead atoms. The van der Waals surface area contributed by atoms with Crippen molar-refractivity contribution in [2.75, 3.05) is 6.54 Å². The summed E-state index contributed by atoms with van der Waals surface area (Å²) in [6, 6.07) is 3.93. The van der Waals surface area contributed by atoms with Crippen LogP contribution in [-0.4, -0.2) is 15.0 Å². The lowest BCUT2D eigenvalue weighted by Crippen LogP contribution is -2.47. The van der Waals surface area contributed by atoms with Gasteiger partial charge in [-0.05, 0) is 86.3 Å². The minimum absolute atomic E-state index is 0.241. The van der Waals surface area contributed by atoms with Gasteiger partial charge in [-0.15, -0.1) is 0 Å². The highest BCUT2D eigenvalue weighted by molar-refractivity contribution is 7.89. The zero-order valence-corrected chi connectivity index (χ0v) is 15.4. The van der Waals surface area contributed by atoms with E-state index in [4.69, 9.17) is 0 Å². The number of hydrogen-bond acceptors (Lipinski definition) is 2. The minimum atomic E-state index is -4.55. The fraction of sp³-hybridized carbons (Fsp3) is 0.684. The molecule has 4 aliphatic rings. The molecule has 0 unspecified atom stereocenters. The molecule has 4 saturated carbocycles. The molecule has 5 rings (SSSR count). The van der Waals surface area contributed by atoms with E-state index in [0.717, 1.165) is 36.3 Å². The summed E-state index contributed by atoms with van der Waals surface area (Å²) in [5, 5.41) is 0. The first-order valence-corrected chi connectivity index (χ1v) is 10.8. The third-order valence-corrected chi connectivity index (χ3v) is 8.04. The Morgan fingerprint density at radius 3 is 2.15 bits per heavy atom. The monoisotopic (exact) mass is 387 g/mol. The van der Waals surface area contributed by atoms with Gasteiger partial charge >= 0.3 is 6.18 Å². The van der Waals surface area contributed by atoms with Crippen LogP contribution in [0.25, 0.3) is 0 Å². The zero-order chi connectivity index (χ0) is 18.6. The third-order valence-electron chi connectivity index (χ3n) is 6.58. The standard InChI is InChI=1S/C19H24F3NO2S/c20-19(21,22)16-2-1-3-17(9-16)26(24,25)23-5-4-18-10-13-6-14(11-18)8-15(7-13)12-18/h1-3,9,13-15,23H,4-8,10-12H2. The quantitative estimate of drug-likeness (QED) is 0.803. The Kier molecular flexibility index (Phi) is 4.38. The van der Waals surface area contributed by atoms with Crippen LogP contribution < -0.4 is 4.72 Å². The molecule has 26 heavy (non-hydrogen) atoms. The molecule has 4 aliphatic carbocycles. The Morgan fingerprint density at radius 1 is 1.04 bits per heavy atom. The lowest BCUT2D eigenvalue weighted by Gasteiger charge is -2.57. The van der Waals surface area contributed by atoms with Gasteiger partial charge < -0.3 is 0 Å². The molecule has 144 valence electrons. The molecule has 1 aromatic carbocycles. The Hall–Kier alpha value is -1.08. The molecule has 0 atom stereocenters. The van der Waals surface area contributed by atoms with Crippen LogP contribution in [-0.2, 0) is 16.2 Å². The summed E-state index contributed by atoms with van der Waals surface area (Å²) in [4.78, 5) is -0.321. The van der Waals surface area contributed by atoms with E-state index in [2.05, 4.69) is 4.72 Å². The second-order valence-corrected chi connectivity index (χ2v) is 10.4. The average molecular weight is 387 g/mol. The number of rotatable bonds is 5. The van der Waals surface area contributed by atoms with Crippen LogP contribution in [0, 0.1) is 23.2 Å². The van der Waals surface area contributed by atoms with Crippen molar-refractivity contribution in [1.82, 2.24) is 4.72 Å². The Morgan fingerprint density at radius 2 is 1.62 bits per heavy atom. The van der Waals surface area contributed by atoms with Crippen molar-refractivity contribution in [3.8, 4) is 0 Å². The normalized spacial score (nSPS) is 33.6. The lowest BCUT2D eigenvalue weighted by atomic mass is 9.49. The van der Waals surface area contributed by atoms with E-state index in [-0.39, 0.29) is 10.3 Å². The molecule has 0 amide bonds. The lowest BCUT2D eigenvalue weighted by molar-refractivity contribution is -0.137. The van der Waals surface area contributed by atoms with Gasteiger partial charge in [0.1, 0.15) is 0 Å². The van der Waals surface area contributed by atoms with E-state index in [1.165, 1.54) is 44.6 Å². The first-order valence-electron chi connectivity index (χ1n) is 9.32. The molecule has 0 aromatic heterocycles. The number of alkyl halides is 3. The molecule has 4 fully saturated rings. The highest BCUT2D eigenvalue weighted by Gasteiger charge is 2.50. The number of halogens is 3. The number of hydrogen-bond donors (Lipinski definition) is 1. The Labute approximate surface area is 152 Å². The van der Waals surface area contributed by atoms with E-state index in [9.17, 15) is 21.6 Å². The topological polar surface area (TPSA) is 46.2 Å². The van der Waals surface area contributed by atoms with Crippen molar-refractivity contribution in [2.24, 2.45) is 23.2 Å². The SMILES string of the molecule is O=S(=O)(NCCC12CC3CC(CC(C3)C1)C2)c1cccc(C(F)(F)F)c1. The fourth-order valence-corrected chi connectivity index (χ4v) is 7.05. The van der Waals surface area contributed by atoms with Gasteiger partial charge in [-0.3, -0.25) is 0 Å². The van der Waals surface area contributed by atoms with Crippen molar-refractivity contribution < 1.29 is 21.6 Å². The Balaban J connectivity index is 1.42. The minimum Gasteiger partial charge on any atom is -0.211 e. The predicted octanol–water partition coefficient (Wildman–Crippen LogP) is 4.59. The molecule has 0 aliphatic heterocycles. The van der Waals surface area contributed by atoms with E-state index >= 15 is 0 Å². The first kappa shape index (κ1) is 18.3.